The fourth-order valence-corrected chi connectivity index (χ4v) is 4.54. The Morgan fingerprint density at radius 3 is 2.65 bits per heavy atom. The van der Waals surface area contributed by atoms with Gasteiger partial charge in [0.1, 0.15) is 0 Å². The summed E-state index contributed by atoms with van der Waals surface area (Å²) >= 11 is 0. The van der Waals surface area contributed by atoms with E-state index in [0.29, 0.717) is 24.6 Å². The lowest BCUT2D eigenvalue weighted by molar-refractivity contribution is 0.476. The first-order valence-corrected chi connectivity index (χ1v) is 9.16. The Balaban J connectivity index is 1.90. The van der Waals surface area contributed by atoms with Crippen LogP contribution in [0.2, 0.25) is 0 Å². The van der Waals surface area contributed by atoms with Gasteiger partial charge in [-0.25, -0.2) is 13.4 Å². The highest BCUT2D eigenvalue weighted by Gasteiger charge is 2.28. The van der Waals surface area contributed by atoms with Crippen LogP contribution in [0.4, 0.5) is 0 Å². The topological polar surface area (TPSA) is 61.8 Å². The number of hydrogen-bond acceptors (Lipinski definition) is 3. The van der Waals surface area contributed by atoms with Crippen molar-refractivity contribution in [2.24, 2.45) is 10.9 Å². The molecule has 0 spiro atoms. The average Bonchev–Trinajstić information content (AvgIpc) is 2.98. The molecule has 114 valence electrons. The van der Waals surface area contributed by atoms with Gasteiger partial charge in [0.05, 0.1) is 18.1 Å². The molecular weight excluding hydrogens is 274 g/mol. The standard InChI is InChI=1S/C14H25N3O2S/c1-12(2)9-15-14(17-6-3-4-7-17)16-10-13-5-8-20(18,19)11-13/h13H,1,3-11H2,2H3,(H,15,16). The maximum absolute atomic E-state index is 11.5. The number of sulfone groups is 1. The molecule has 6 heteroatoms. The number of hydrogen-bond donors (Lipinski definition) is 1. The summed E-state index contributed by atoms with van der Waals surface area (Å²) in [6.07, 6.45) is 3.17. The number of aliphatic imine (C=N–C) groups is 1. The molecule has 1 atom stereocenters. The number of rotatable bonds is 4. The van der Waals surface area contributed by atoms with E-state index in [1.807, 2.05) is 6.92 Å². The van der Waals surface area contributed by atoms with E-state index in [1.54, 1.807) is 0 Å². The van der Waals surface area contributed by atoms with Gasteiger partial charge < -0.3 is 10.2 Å². The number of nitrogens with one attached hydrogen (secondary N) is 1. The van der Waals surface area contributed by atoms with E-state index in [1.165, 1.54) is 12.8 Å². The highest BCUT2D eigenvalue weighted by Crippen LogP contribution is 2.17. The molecule has 0 radical (unpaired) electrons. The minimum Gasteiger partial charge on any atom is -0.356 e. The third-order valence-electron chi connectivity index (χ3n) is 3.78. The van der Waals surface area contributed by atoms with E-state index in [4.69, 9.17) is 0 Å². The van der Waals surface area contributed by atoms with Crippen molar-refractivity contribution in [1.29, 1.82) is 0 Å². The normalized spacial score (nSPS) is 25.9. The monoisotopic (exact) mass is 299 g/mol. The molecule has 0 amide bonds. The van der Waals surface area contributed by atoms with Crippen molar-refractivity contribution in [1.82, 2.24) is 10.2 Å². The van der Waals surface area contributed by atoms with Crippen molar-refractivity contribution >= 4 is 15.8 Å². The molecule has 2 saturated heterocycles. The van der Waals surface area contributed by atoms with Crippen LogP contribution >= 0.6 is 0 Å². The van der Waals surface area contributed by atoms with Gasteiger partial charge in [0.15, 0.2) is 15.8 Å². The summed E-state index contributed by atoms with van der Waals surface area (Å²) in [6, 6.07) is 0. The predicted octanol–water partition coefficient (Wildman–Crippen LogP) is 1.04. The van der Waals surface area contributed by atoms with Gasteiger partial charge in [-0.2, -0.15) is 0 Å². The smallest absolute Gasteiger partial charge is 0.194 e. The maximum atomic E-state index is 11.5. The van der Waals surface area contributed by atoms with Crippen LogP contribution in [0, 0.1) is 5.92 Å². The van der Waals surface area contributed by atoms with Crippen LogP contribution in [0.3, 0.4) is 0 Å². The van der Waals surface area contributed by atoms with Gasteiger partial charge >= 0.3 is 0 Å². The van der Waals surface area contributed by atoms with Gasteiger partial charge in [0.25, 0.3) is 0 Å². The van der Waals surface area contributed by atoms with Crippen molar-refractivity contribution in [2.45, 2.75) is 26.2 Å². The van der Waals surface area contributed by atoms with E-state index < -0.39 is 9.84 Å². The van der Waals surface area contributed by atoms with Crippen LogP contribution in [0.15, 0.2) is 17.1 Å². The van der Waals surface area contributed by atoms with Gasteiger partial charge in [-0.3, -0.25) is 0 Å². The zero-order valence-electron chi connectivity index (χ0n) is 12.3. The predicted molar refractivity (Wildman–Crippen MR) is 82.7 cm³/mol. The Labute approximate surface area is 122 Å². The molecular formula is C14H25N3O2S. The first-order valence-electron chi connectivity index (χ1n) is 7.34. The number of likely N-dealkylation sites (tertiary alicyclic amines) is 1. The molecule has 0 aromatic rings. The molecule has 1 N–H and O–H groups in total. The van der Waals surface area contributed by atoms with Crippen molar-refractivity contribution in [3.05, 3.63) is 12.2 Å². The molecule has 2 aliphatic rings. The second-order valence-corrected chi connectivity index (χ2v) is 8.17. The molecule has 20 heavy (non-hydrogen) atoms. The molecule has 2 aliphatic heterocycles. The second kappa shape index (κ2) is 6.61. The van der Waals surface area contributed by atoms with Crippen LogP contribution in [0.1, 0.15) is 26.2 Å². The van der Waals surface area contributed by atoms with Crippen molar-refractivity contribution in [2.75, 3.05) is 37.7 Å². The van der Waals surface area contributed by atoms with Gasteiger partial charge in [-0.05, 0) is 32.1 Å². The summed E-state index contributed by atoms with van der Waals surface area (Å²) in [5, 5.41) is 3.37. The second-order valence-electron chi connectivity index (χ2n) is 5.94. The van der Waals surface area contributed by atoms with Gasteiger partial charge in [0.2, 0.25) is 0 Å². The molecule has 0 aromatic heterocycles. The molecule has 1 unspecified atom stereocenters. The zero-order valence-corrected chi connectivity index (χ0v) is 13.1. The van der Waals surface area contributed by atoms with Crippen molar-refractivity contribution < 1.29 is 8.42 Å². The molecule has 0 bridgehead atoms. The lowest BCUT2D eigenvalue weighted by Gasteiger charge is -2.22. The van der Waals surface area contributed by atoms with E-state index in [9.17, 15) is 8.42 Å². The summed E-state index contributed by atoms with van der Waals surface area (Å²) in [5.74, 6) is 1.78. The van der Waals surface area contributed by atoms with Crippen molar-refractivity contribution in [3.63, 3.8) is 0 Å². The van der Waals surface area contributed by atoms with Crippen LogP contribution in [-0.2, 0) is 9.84 Å². The number of nitrogens with zero attached hydrogens (tertiary/aromatic N) is 2. The molecule has 0 saturated carbocycles. The summed E-state index contributed by atoms with van der Waals surface area (Å²) in [6.45, 7) is 9.24. The maximum Gasteiger partial charge on any atom is 0.194 e. The van der Waals surface area contributed by atoms with Crippen molar-refractivity contribution in [3.8, 4) is 0 Å². The van der Waals surface area contributed by atoms with E-state index in [2.05, 4.69) is 21.8 Å². The molecule has 2 rings (SSSR count). The van der Waals surface area contributed by atoms with Crippen LogP contribution in [-0.4, -0.2) is 57.0 Å². The SMILES string of the molecule is C=C(C)CN=C(NCC1CCS(=O)(=O)C1)N1CCCC1. The third-order valence-corrected chi connectivity index (χ3v) is 5.62. The Kier molecular flexibility index (Phi) is 5.07. The minimum absolute atomic E-state index is 0.220. The molecule has 2 fully saturated rings. The quantitative estimate of drug-likeness (QED) is 0.479. The van der Waals surface area contributed by atoms with Crippen LogP contribution in [0.5, 0.6) is 0 Å². The van der Waals surface area contributed by atoms with Crippen LogP contribution in [0.25, 0.3) is 0 Å². The van der Waals surface area contributed by atoms with E-state index >= 15 is 0 Å². The summed E-state index contributed by atoms with van der Waals surface area (Å²) < 4.78 is 23.0. The molecule has 2 heterocycles. The minimum atomic E-state index is -2.80. The highest BCUT2D eigenvalue weighted by molar-refractivity contribution is 7.91. The molecule has 5 nitrogen and oxygen atoms in total. The summed E-state index contributed by atoms with van der Waals surface area (Å²) in [7, 11) is -2.80. The summed E-state index contributed by atoms with van der Waals surface area (Å²) in [4.78, 5) is 6.84. The Hall–Kier alpha value is -1.04. The fourth-order valence-electron chi connectivity index (χ4n) is 2.68. The van der Waals surface area contributed by atoms with Gasteiger partial charge in [0, 0.05) is 19.6 Å². The Bertz CT molecular complexity index is 479. The van der Waals surface area contributed by atoms with Gasteiger partial charge in [-0.15, -0.1) is 0 Å². The molecule has 0 aliphatic carbocycles. The Morgan fingerprint density at radius 1 is 1.40 bits per heavy atom. The fraction of sp³-hybridized carbons (Fsp3) is 0.786. The third kappa shape index (κ3) is 4.51. The van der Waals surface area contributed by atoms with Crippen LogP contribution < -0.4 is 5.32 Å². The summed E-state index contributed by atoms with van der Waals surface area (Å²) in [5.41, 5.74) is 1.03. The van der Waals surface area contributed by atoms with E-state index in [-0.39, 0.29) is 5.92 Å². The lowest BCUT2D eigenvalue weighted by atomic mass is 10.1. The lowest BCUT2D eigenvalue weighted by Crippen LogP contribution is -2.42. The Morgan fingerprint density at radius 2 is 2.10 bits per heavy atom. The highest BCUT2D eigenvalue weighted by atomic mass is 32.2. The largest absolute Gasteiger partial charge is 0.356 e. The number of guanidine groups is 1. The molecule has 0 aromatic carbocycles. The average molecular weight is 299 g/mol. The first-order chi connectivity index (χ1) is 9.46. The zero-order chi connectivity index (χ0) is 14.6. The first kappa shape index (κ1) is 15.4. The van der Waals surface area contributed by atoms with E-state index in [0.717, 1.165) is 31.0 Å². The van der Waals surface area contributed by atoms with Gasteiger partial charge in [-0.1, -0.05) is 12.2 Å².